The van der Waals surface area contributed by atoms with Gasteiger partial charge in [-0.1, -0.05) is 30.3 Å². The van der Waals surface area contributed by atoms with Gasteiger partial charge in [-0.25, -0.2) is 0 Å². The van der Waals surface area contributed by atoms with Crippen LogP contribution < -0.4 is 0 Å². The fourth-order valence-electron chi connectivity index (χ4n) is 4.72. The van der Waals surface area contributed by atoms with Crippen molar-refractivity contribution < 1.29 is 9.90 Å². The number of nitrogens with zero attached hydrogens (tertiary/aromatic N) is 1. The summed E-state index contributed by atoms with van der Waals surface area (Å²) in [5.41, 5.74) is 1.49. The van der Waals surface area contributed by atoms with Crippen molar-refractivity contribution in [2.75, 3.05) is 13.1 Å². The van der Waals surface area contributed by atoms with Crippen LogP contribution >= 0.6 is 0 Å². The van der Waals surface area contributed by atoms with Gasteiger partial charge < -0.3 is 5.11 Å². The average molecular weight is 285 g/mol. The Morgan fingerprint density at radius 3 is 2.19 bits per heavy atom. The highest BCUT2D eigenvalue weighted by molar-refractivity contribution is 5.74. The molecular weight excluding hydrogens is 262 g/mol. The van der Waals surface area contributed by atoms with Gasteiger partial charge in [-0.3, -0.25) is 9.69 Å². The minimum Gasteiger partial charge on any atom is -0.481 e. The topological polar surface area (TPSA) is 40.5 Å². The first-order chi connectivity index (χ1) is 10.2. The van der Waals surface area contributed by atoms with E-state index < -0.39 is 5.97 Å². The highest BCUT2D eigenvalue weighted by atomic mass is 16.4. The second-order valence-electron chi connectivity index (χ2n) is 7.06. The standard InChI is InChI=1S/C18H23NO2/c20-18(21)17-15-10-19(11-16(15)17)14-8-6-13(7-9-14)12-4-2-1-3-5-12/h1-5,13-17H,6-11H2,(H,20,21)/t13?,14?,15-,16+,17?. The van der Waals surface area contributed by atoms with Gasteiger partial charge in [0.1, 0.15) is 0 Å². The zero-order chi connectivity index (χ0) is 14.4. The van der Waals surface area contributed by atoms with Gasteiger partial charge in [0, 0.05) is 19.1 Å². The van der Waals surface area contributed by atoms with E-state index in [9.17, 15) is 4.79 Å². The molecule has 4 rings (SSSR count). The van der Waals surface area contributed by atoms with Gasteiger partial charge in [0.2, 0.25) is 0 Å². The molecule has 0 spiro atoms. The first kappa shape index (κ1) is 13.3. The molecule has 1 aliphatic heterocycles. The van der Waals surface area contributed by atoms with Crippen molar-refractivity contribution in [1.82, 2.24) is 4.90 Å². The summed E-state index contributed by atoms with van der Waals surface area (Å²) in [5.74, 6) is 1.04. The molecule has 1 saturated heterocycles. The number of hydrogen-bond acceptors (Lipinski definition) is 2. The number of carbonyl (C=O) groups is 1. The number of likely N-dealkylation sites (tertiary alicyclic amines) is 1. The molecule has 2 saturated carbocycles. The molecule has 2 aliphatic carbocycles. The van der Waals surface area contributed by atoms with Crippen molar-refractivity contribution in [3.63, 3.8) is 0 Å². The highest BCUT2D eigenvalue weighted by Gasteiger charge is 2.60. The Balaban J connectivity index is 1.30. The van der Waals surface area contributed by atoms with Crippen molar-refractivity contribution in [3.8, 4) is 0 Å². The van der Waals surface area contributed by atoms with Crippen LogP contribution in [0.25, 0.3) is 0 Å². The maximum absolute atomic E-state index is 11.0. The molecule has 3 heteroatoms. The predicted molar refractivity (Wildman–Crippen MR) is 81.1 cm³/mol. The van der Waals surface area contributed by atoms with Crippen molar-refractivity contribution in [3.05, 3.63) is 35.9 Å². The van der Waals surface area contributed by atoms with Crippen molar-refractivity contribution in [2.24, 2.45) is 17.8 Å². The molecule has 1 heterocycles. The Bertz CT molecular complexity index is 509. The van der Waals surface area contributed by atoms with Crippen LogP contribution in [0.1, 0.15) is 37.2 Å². The van der Waals surface area contributed by atoms with Gasteiger partial charge in [0.25, 0.3) is 0 Å². The van der Waals surface area contributed by atoms with Crippen LogP contribution in [-0.4, -0.2) is 35.1 Å². The summed E-state index contributed by atoms with van der Waals surface area (Å²) in [5, 5.41) is 9.10. The number of rotatable bonds is 3. The number of fused-ring (bicyclic) bond motifs is 1. The number of benzene rings is 1. The fourth-order valence-corrected chi connectivity index (χ4v) is 4.72. The molecule has 3 aliphatic rings. The Hall–Kier alpha value is -1.35. The summed E-state index contributed by atoms with van der Waals surface area (Å²) < 4.78 is 0. The van der Waals surface area contributed by atoms with Crippen LogP contribution in [0.15, 0.2) is 30.3 Å². The number of carboxylic acids is 1. The number of hydrogen-bond donors (Lipinski definition) is 1. The lowest BCUT2D eigenvalue weighted by atomic mass is 9.81. The summed E-state index contributed by atoms with van der Waals surface area (Å²) in [7, 11) is 0. The third kappa shape index (κ3) is 2.38. The van der Waals surface area contributed by atoms with Gasteiger partial charge in [0.05, 0.1) is 5.92 Å². The minimum atomic E-state index is -0.572. The van der Waals surface area contributed by atoms with Crippen LogP contribution in [0.4, 0.5) is 0 Å². The molecule has 3 atom stereocenters. The molecule has 0 bridgehead atoms. The van der Waals surface area contributed by atoms with E-state index in [1.807, 2.05) is 0 Å². The van der Waals surface area contributed by atoms with Gasteiger partial charge in [-0.2, -0.15) is 0 Å². The molecule has 3 fully saturated rings. The molecule has 3 nitrogen and oxygen atoms in total. The molecule has 0 aromatic heterocycles. The lowest BCUT2D eigenvalue weighted by Crippen LogP contribution is -2.38. The Kier molecular flexibility index (Phi) is 3.26. The van der Waals surface area contributed by atoms with Crippen LogP contribution in [0.3, 0.4) is 0 Å². The number of carboxylic acid groups (broad SMARTS) is 1. The monoisotopic (exact) mass is 285 g/mol. The van der Waals surface area contributed by atoms with Crippen LogP contribution in [-0.2, 0) is 4.79 Å². The largest absolute Gasteiger partial charge is 0.481 e. The van der Waals surface area contributed by atoms with E-state index in [-0.39, 0.29) is 5.92 Å². The Morgan fingerprint density at radius 2 is 1.62 bits per heavy atom. The SMILES string of the molecule is O=C(O)C1[C@H]2CN(C3CCC(c4ccccc4)CC3)C[C@@H]12. The molecule has 112 valence electrons. The van der Waals surface area contributed by atoms with Crippen LogP contribution in [0.2, 0.25) is 0 Å². The molecule has 0 radical (unpaired) electrons. The van der Waals surface area contributed by atoms with E-state index in [0.717, 1.165) is 19.0 Å². The van der Waals surface area contributed by atoms with Crippen LogP contribution in [0.5, 0.6) is 0 Å². The number of aliphatic carboxylic acids is 1. The third-order valence-corrected chi connectivity index (χ3v) is 5.99. The Labute approximate surface area is 126 Å². The molecule has 1 aromatic rings. The van der Waals surface area contributed by atoms with Crippen molar-refractivity contribution in [2.45, 2.75) is 37.6 Å². The first-order valence-electron chi connectivity index (χ1n) is 8.26. The molecule has 1 aromatic carbocycles. The molecule has 0 amide bonds. The van der Waals surface area contributed by atoms with Gasteiger partial charge in [0.15, 0.2) is 0 Å². The summed E-state index contributed by atoms with van der Waals surface area (Å²) in [4.78, 5) is 13.6. The smallest absolute Gasteiger partial charge is 0.307 e. The van der Waals surface area contributed by atoms with Crippen molar-refractivity contribution >= 4 is 5.97 Å². The summed E-state index contributed by atoms with van der Waals surface area (Å²) >= 11 is 0. The second kappa shape index (κ2) is 5.13. The Morgan fingerprint density at radius 1 is 1.00 bits per heavy atom. The zero-order valence-electron chi connectivity index (χ0n) is 12.3. The third-order valence-electron chi connectivity index (χ3n) is 5.99. The zero-order valence-corrected chi connectivity index (χ0v) is 12.3. The van der Waals surface area contributed by atoms with Gasteiger partial charge in [-0.05, 0) is 49.0 Å². The van der Waals surface area contributed by atoms with Gasteiger partial charge in [-0.15, -0.1) is 0 Å². The van der Waals surface area contributed by atoms with E-state index in [4.69, 9.17) is 5.11 Å². The lowest BCUT2D eigenvalue weighted by Gasteiger charge is -2.35. The summed E-state index contributed by atoms with van der Waals surface area (Å²) in [6.45, 7) is 2.06. The van der Waals surface area contributed by atoms with Crippen LogP contribution in [0, 0.1) is 17.8 Å². The van der Waals surface area contributed by atoms with E-state index in [0.29, 0.717) is 17.9 Å². The van der Waals surface area contributed by atoms with E-state index in [1.54, 1.807) is 0 Å². The predicted octanol–water partition coefficient (Wildman–Crippen LogP) is 2.98. The molecule has 1 unspecified atom stereocenters. The number of piperidine rings is 1. The fraction of sp³-hybridized carbons (Fsp3) is 0.611. The van der Waals surface area contributed by atoms with E-state index >= 15 is 0 Å². The van der Waals surface area contributed by atoms with Crippen molar-refractivity contribution in [1.29, 1.82) is 0 Å². The normalized spacial score (nSPS) is 39.0. The lowest BCUT2D eigenvalue weighted by molar-refractivity contribution is -0.139. The molecule has 21 heavy (non-hydrogen) atoms. The highest BCUT2D eigenvalue weighted by Crippen LogP contribution is 2.53. The molecule has 1 N–H and O–H groups in total. The summed E-state index contributed by atoms with van der Waals surface area (Å²) in [6, 6.07) is 11.6. The second-order valence-corrected chi connectivity index (χ2v) is 7.06. The van der Waals surface area contributed by atoms with Gasteiger partial charge >= 0.3 is 5.97 Å². The average Bonchev–Trinajstić information content (AvgIpc) is 3.04. The van der Waals surface area contributed by atoms with E-state index in [1.165, 1.54) is 31.2 Å². The minimum absolute atomic E-state index is 0.0260. The first-order valence-corrected chi connectivity index (χ1v) is 8.26. The maximum Gasteiger partial charge on any atom is 0.307 e. The summed E-state index contributed by atoms with van der Waals surface area (Å²) in [6.07, 6.45) is 5.11. The van der Waals surface area contributed by atoms with E-state index in [2.05, 4.69) is 35.2 Å². The maximum atomic E-state index is 11.0. The quantitative estimate of drug-likeness (QED) is 0.928. The molecular formula is C18H23NO2.